The first kappa shape index (κ1) is 25.0. The molecule has 0 radical (unpaired) electrons. The van der Waals surface area contributed by atoms with Crippen LogP contribution in [-0.2, 0) is 14.3 Å². The summed E-state index contributed by atoms with van der Waals surface area (Å²) in [6.07, 6.45) is 2.87. The van der Waals surface area contributed by atoms with Crippen LogP contribution < -0.4 is 10.6 Å². The van der Waals surface area contributed by atoms with Crippen molar-refractivity contribution in [3.05, 3.63) is 23.8 Å². The Hall–Kier alpha value is -2.24. The number of nitrogens with two attached hydrogens (primary N) is 1. The van der Waals surface area contributed by atoms with Gasteiger partial charge in [-0.3, -0.25) is 9.59 Å². The minimum absolute atomic E-state index is 0.0533. The van der Waals surface area contributed by atoms with Crippen LogP contribution in [-0.4, -0.2) is 49.6 Å². The SMILES string of the molecule is COC(=O)CC(C)c1ccc(N(CC(C)C)C2CCN(C(=O)CC(C)C)CC2)c(N)c1. The largest absolute Gasteiger partial charge is 0.469 e. The van der Waals surface area contributed by atoms with Crippen LogP contribution in [0.4, 0.5) is 11.4 Å². The van der Waals surface area contributed by atoms with Crippen LogP contribution in [0.3, 0.4) is 0 Å². The number of nitrogen functional groups attached to an aromatic ring is 1. The number of anilines is 2. The predicted octanol–water partition coefficient (Wildman–Crippen LogP) is 4.43. The Bertz CT molecular complexity index is 740. The monoisotopic (exact) mass is 431 g/mol. The van der Waals surface area contributed by atoms with Gasteiger partial charge in [0, 0.05) is 32.1 Å². The van der Waals surface area contributed by atoms with Gasteiger partial charge in [-0.05, 0) is 48.3 Å². The van der Waals surface area contributed by atoms with E-state index in [1.165, 1.54) is 7.11 Å². The van der Waals surface area contributed by atoms with Crippen LogP contribution in [0.1, 0.15) is 71.8 Å². The van der Waals surface area contributed by atoms with Gasteiger partial charge in [-0.15, -0.1) is 0 Å². The number of methoxy groups -OCH3 is 1. The molecule has 1 heterocycles. The number of nitrogens with zero attached hydrogens (tertiary/aromatic N) is 2. The molecule has 1 aromatic rings. The van der Waals surface area contributed by atoms with Gasteiger partial charge in [-0.2, -0.15) is 0 Å². The Kier molecular flexibility index (Phi) is 9.20. The second-order valence-electron chi connectivity index (χ2n) is 9.76. The molecule has 2 N–H and O–H groups in total. The van der Waals surface area contributed by atoms with E-state index in [4.69, 9.17) is 10.5 Å². The second kappa shape index (κ2) is 11.4. The third kappa shape index (κ3) is 7.15. The number of hydrogen-bond donors (Lipinski definition) is 1. The van der Waals surface area contributed by atoms with Crippen LogP contribution in [0.25, 0.3) is 0 Å². The maximum absolute atomic E-state index is 12.4. The van der Waals surface area contributed by atoms with Crippen molar-refractivity contribution in [1.82, 2.24) is 4.90 Å². The zero-order valence-corrected chi connectivity index (χ0v) is 20.2. The molecule has 6 heteroatoms. The van der Waals surface area contributed by atoms with Crippen molar-refractivity contribution in [2.75, 3.05) is 37.4 Å². The lowest BCUT2D eigenvalue weighted by Crippen LogP contribution is -2.48. The minimum atomic E-state index is -0.213. The van der Waals surface area contributed by atoms with Gasteiger partial charge in [0.05, 0.1) is 24.9 Å². The van der Waals surface area contributed by atoms with Crippen molar-refractivity contribution >= 4 is 23.3 Å². The number of ether oxygens (including phenoxy) is 1. The number of likely N-dealkylation sites (tertiary alicyclic amines) is 1. The van der Waals surface area contributed by atoms with E-state index in [-0.39, 0.29) is 17.8 Å². The number of carbonyl (C=O) groups is 2. The number of rotatable bonds is 9. The van der Waals surface area contributed by atoms with Gasteiger partial charge in [0.2, 0.25) is 5.91 Å². The molecule has 2 rings (SSSR count). The van der Waals surface area contributed by atoms with E-state index in [1.54, 1.807) is 0 Å². The zero-order valence-electron chi connectivity index (χ0n) is 20.2. The topological polar surface area (TPSA) is 75.9 Å². The molecule has 31 heavy (non-hydrogen) atoms. The van der Waals surface area contributed by atoms with Gasteiger partial charge in [-0.25, -0.2) is 0 Å². The number of amides is 1. The molecule has 1 fully saturated rings. The first-order chi connectivity index (χ1) is 14.6. The van der Waals surface area contributed by atoms with Crippen LogP contribution in [0, 0.1) is 11.8 Å². The molecular weight excluding hydrogens is 390 g/mol. The third-order valence-electron chi connectivity index (χ3n) is 6.03. The van der Waals surface area contributed by atoms with E-state index in [2.05, 4.69) is 44.7 Å². The quantitative estimate of drug-likeness (QED) is 0.462. The van der Waals surface area contributed by atoms with Crippen LogP contribution >= 0.6 is 0 Å². The average molecular weight is 432 g/mol. The molecular formula is C25H41N3O3. The molecule has 0 saturated carbocycles. The molecule has 0 aromatic heterocycles. The van der Waals surface area contributed by atoms with Crippen molar-refractivity contribution in [3.63, 3.8) is 0 Å². The first-order valence-electron chi connectivity index (χ1n) is 11.6. The Morgan fingerprint density at radius 3 is 2.26 bits per heavy atom. The Morgan fingerprint density at radius 2 is 1.74 bits per heavy atom. The van der Waals surface area contributed by atoms with E-state index in [1.807, 2.05) is 17.9 Å². The van der Waals surface area contributed by atoms with Gasteiger partial charge < -0.3 is 20.3 Å². The van der Waals surface area contributed by atoms with E-state index >= 15 is 0 Å². The molecule has 1 atom stereocenters. The molecule has 0 aliphatic carbocycles. The molecule has 1 aliphatic heterocycles. The lowest BCUT2D eigenvalue weighted by Gasteiger charge is -2.41. The number of esters is 1. The molecule has 1 aliphatic rings. The molecule has 1 unspecified atom stereocenters. The predicted molar refractivity (Wildman–Crippen MR) is 127 cm³/mol. The van der Waals surface area contributed by atoms with Crippen LogP contribution in [0.2, 0.25) is 0 Å². The van der Waals surface area contributed by atoms with E-state index < -0.39 is 0 Å². The fraction of sp³-hybridized carbons (Fsp3) is 0.680. The highest BCUT2D eigenvalue weighted by Crippen LogP contribution is 2.33. The summed E-state index contributed by atoms with van der Waals surface area (Å²) in [6, 6.07) is 6.54. The number of carbonyl (C=O) groups excluding carboxylic acids is 2. The maximum atomic E-state index is 12.4. The summed E-state index contributed by atoms with van der Waals surface area (Å²) < 4.78 is 4.80. The van der Waals surface area contributed by atoms with E-state index in [0.29, 0.717) is 30.7 Å². The lowest BCUT2D eigenvalue weighted by molar-refractivity contribution is -0.141. The summed E-state index contributed by atoms with van der Waals surface area (Å²) in [6.45, 7) is 13.2. The number of piperidine rings is 1. The van der Waals surface area contributed by atoms with E-state index in [9.17, 15) is 9.59 Å². The minimum Gasteiger partial charge on any atom is -0.469 e. The molecule has 0 bridgehead atoms. The first-order valence-corrected chi connectivity index (χ1v) is 11.6. The normalized spacial score (nSPS) is 15.9. The van der Waals surface area contributed by atoms with Crippen LogP contribution in [0.5, 0.6) is 0 Å². The van der Waals surface area contributed by atoms with Crippen molar-refractivity contribution < 1.29 is 14.3 Å². The Labute approximate surface area is 188 Å². The molecule has 0 spiro atoms. The summed E-state index contributed by atoms with van der Waals surface area (Å²) >= 11 is 0. The second-order valence-corrected chi connectivity index (χ2v) is 9.76. The number of benzene rings is 1. The molecule has 1 saturated heterocycles. The molecule has 174 valence electrons. The highest BCUT2D eigenvalue weighted by atomic mass is 16.5. The highest BCUT2D eigenvalue weighted by Gasteiger charge is 2.28. The summed E-state index contributed by atoms with van der Waals surface area (Å²) in [4.78, 5) is 28.5. The van der Waals surface area contributed by atoms with Gasteiger partial charge in [0.25, 0.3) is 0 Å². The smallest absolute Gasteiger partial charge is 0.306 e. The fourth-order valence-corrected chi connectivity index (χ4v) is 4.34. The van der Waals surface area contributed by atoms with Crippen molar-refractivity contribution in [2.45, 2.75) is 72.3 Å². The lowest BCUT2D eigenvalue weighted by atomic mass is 9.95. The van der Waals surface area contributed by atoms with Crippen molar-refractivity contribution in [3.8, 4) is 0 Å². The third-order valence-corrected chi connectivity index (χ3v) is 6.03. The van der Waals surface area contributed by atoms with Crippen molar-refractivity contribution in [2.24, 2.45) is 11.8 Å². The Morgan fingerprint density at radius 1 is 1.10 bits per heavy atom. The summed E-state index contributed by atoms with van der Waals surface area (Å²) in [5.74, 6) is 1.00. The number of hydrogen-bond acceptors (Lipinski definition) is 5. The van der Waals surface area contributed by atoms with Gasteiger partial charge in [-0.1, -0.05) is 40.7 Å². The molecule has 1 aromatic carbocycles. The standard InChI is InChI=1S/C25H41N3O3/c1-17(2)13-24(29)27-11-9-21(10-12-27)28(16-18(3)4)23-8-7-20(15-22(23)26)19(5)14-25(30)31-6/h7-8,15,17-19,21H,9-14,16,26H2,1-6H3. The highest BCUT2D eigenvalue weighted by molar-refractivity contribution is 5.76. The molecule has 6 nitrogen and oxygen atoms in total. The van der Waals surface area contributed by atoms with Gasteiger partial charge in [0.1, 0.15) is 0 Å². The van der Waals surface area contributed by atoms with E-state index in [0.717, 1.165) is 49.4 Å². The maximum Gasteiger partial charge on any atom is 0.306 e. The summed E-state index contributed by atoms with van der Waals surface area (Å²) in [5.41, 5.74) is 9.35. The van der Waals surface area contributed by atoms with Crippen LogP contribution in [0.15, 0.2) is 18.2 Å². The average Bonchev–Trinajstić information content (AvgIpc) is 2.71. The van der Waals surface area contributed by atoms with Gasteiger partial charge >= 0.3 is 5.97 Å². The summed E-state index contributed by atoms with van der Waals surface area (Å²) in [7, 11) is 1.41. The van der Waals surface area contributed by atoms with Gasteiger partial charge in [0.15, 0.2) is 0 Å². The fourth-order valence-electron chi connectivity index (χ4n) is 4.34. The van der Waals surface area contributed by atoms with Crippen molar-refractivity contribution in [1.29, 1.82) is 0 Å². The Balaban J connectivity index is 2.14. The zero-order chi connectivity index (χ0) is 23.1. The molecule has 1 amide bonds. The summed E-state index contributed by atoms with van der Waals surface area (Å²) in [5, 5.41) is 0.